The smallest absolute Gasteiger partial charge is 0.325 e. The van der Waals surface area contributed by atoms with Crippen molar-refractivity contribution in [2.24, 2.45) is 0 Å². The van der Waals surface area contributed by atoms with E-state index in [4.69, 9.17) is 4.55 Å². The van der Waals surface area contributed by atoms with Gasteiger partial charge in [-0.25, -0.2) is 0 Å². The molecule has 0 aliphatic heterocycles. The molecule has 0 radical (unpaired) electrons. The van der Waals surface area contributed by atoms with Crippen molar-refractivity contribution in [1.82, 2.24) is 0 Å². The standard InChI is InChI=1S/C18H36O5S.Al.3H/c1-2-3-4-5-6-7-8-9-10-11-12-13-14-15-16-17-18(19)23-24(20,21)22;;;;/h2-17H2,1H3,(H,20,21,22);;;;. The molecule has 0 bridgehead atoms. The van der Waals surface area contributed by atoms with E-state index in [0.717, 1.165) is 19.3 Å². The Hall–Kier alpha value is -0.0875. The molecule has 0 saturated carbocycles. The summed E-state index contributed by atoms with van der Waals surface area (Å²) in [7, 11) is -4.64. The SMILES string of the molecule is CCCCCCCCCCCCCCCCCC(=O)OS(=O)(=O)O.[AlH3]. The second-order valence-electron chi connectivity index (χ2n) is 6.58. The van der Waals surface area contributed by atoms with Crippen LogP contribution in [0.5, 0.6) is 0 Å². The highest BCUT2D eigenvalue weighted by molar-refractivity contribution is 7.81. The number of rotatable bonds is 17. The maximum atomic E-state index is 11.0. The fourth-order valence-corrected chi connectivity index (χ4v) is 3.12. The molecule has 0 saturated heterocycles. The molecule has 0 atom stereocenters. The van der Waals surface area contributed by atoms with Gasteiger partial charge in [0.05, 0.1) is 0 Å². The Morgan fingerprint density at radius 2 is 1.04 bits per heavy atom. The Morgan fingerprint density at radius 3 is 1.36 bits per heavy atom. The fourth-order valence-electron chi connectivity index (χ4n) is 2.80. The third-order valence-electron chi connectivity index (χ3n) is 4.18. The van der Waals surface area contributed by atoms with Crippen LogP contribution in [0.3, 0.4) is 0 Å². The van der Waals surface area contributed by atoms with Crippen LogP contribution in [0.4, 0.5) is 0 Å². The molecule has 0 spiro atoms. The molecule has 0 rings (SSSR count). The maximum absolute atomic E-state index is 11.0. The van der Waals surface area contributed by atoms with Gasteiger partial charge in [-0.1, -0.05) is 96.8 Å². The molecule has 1 N–H and O–H groups in total. The normalized spacial score (nSPS) is 11.1. The Labute approximate surface area is 165 Å². The average molecular weight is 395 g/mol. The Morgan fingerprint density at radius 1 is 0.720 bits per heavy atom. The highest BCUT2D eigenvalue weighted by atomic mass is 32.3. The number of carbonyl (C=O) groups is 1. The minimum atomic E-state index is -4.64. The Bertz CT molecular complexity index is 398. The molecule has 0 aliphatic carbocycles. The molecule has 0 aromatic heterocycles. The first kappa shape index (κ1) is 27.1. The van der Waals surface area contributed by atoms with Gasteiger partial charge in [0.1, 0.15) is 0 Å². The van der Waals surface area contributed by atoms with Crippen LogP contribution in [0.2, 0.25) is 0 Å². The van der Waals surface area contributed by atoms with Crippen molar-refractivity contribution in [3.8, 4) is 0 Å². The summed E-state index contributed by atoms with van der Waals surface area (Å²) in [6.07, 6.45) is 18.5. The van der Waals surface area contributed by atoms with Gasteiger partial charge in [-0.2, -0.15) is 8.42 Å². The minimum Gasteiger partial charge on any atom is -0.325 e. The van der Waals surface area contributed by atoms with E-state index in [1.165, 1.54) is 70.6 Å². The van der Waals surface area contributed by atoms with Crippen LogP contribution in [0.1, 0.15) is 110 Å². The minimum absolute atomic E-state index is 0. The lowest BCUT2D eigenvalue weighted by molar-refractivity contribution is -0.134. The zero-order valence-electron chi connectivity index (χ0n) is 15.3. The summed E-state index contributed by atoms with van der Waals surface area (Å²) in [5.41, 5.74) is 0. The lowest BCUT2D eigenvalue weighted by atomic mass is 10.0. The van der Waals surface area contributed by atoms with Crippen molar-refractivity contribution in [3.63, 3.8) is 0 Å². The summed E-state index contributed by atoms with van der Waals surface area (Å²) in [6.45, 7) is 2.25. The third kappa shape index (κ3) is 23.9. The Balaban J connectivity index is 0. The molecule has 25 heavy (non-hydrogen) atoms. The second-order valence-corrected chi connectivity index (χ2v) is 7.60. The quantitative estimate of drug-likeness (QED) is 0.224. The fraction of sp³-hybridized carbons (Fsp3) is 0.944. The van der Waals surface area contributed by atoms with Gasteiger partial charge in [0.2, 0.25) is 0 Å². The van der Waals surface area contributed by atoms with Crippen molar-refractivity contribution >= 4 is 33.7 Å². The van der Waals surface area contributed by atoms with Gasteiger partial charge in [-0.15, -0.1) is 0 Å². The molecule has 0 unspecified atom stereocenters. The van der Waals surface area contributed by atoms with Crippen LogP contribution in [0.25, 0.3) is 0 Å². The summed E-state index contributed by atoms with van der Waals surface area (Å²) in [4.78, 5) is 11.0. The number of unbranched alkanes of at least 4 members (excludes halogenated alkanes) is 14. The van der Waals surface area contributed by atoms with Crippen LogP contribution in [0.15, 0.2) is 0 Å². The molecular weight excluding hydrogens is 355 g/mol. The molecule has 0 heterocycles. The molecule has 5 nitrogen and oxygen atoms in total. The van der Waals surface area contributed by atoms with Crippen molar-refractivity contribution in [1.29, 1.82) is 0 Å². The van der Waals surface area contributed by atoms with E-state index < -0.39 is 16.4 Å². The van der Waals surface area contributed by atoms with E-state index in [2.05, 4.69) is 11.1 Å². The lowest BCUT2D eigenvalue weighted by Crippen LogP contribution is -2.11. The number of carbonyl (C=O) groups excluding carboxylic acids is 1. The Kier molecular flexibility index (Phi) is 20.3. The molecule has 0 aromatic rings. The largest absolute Gasteiger partial charge is 0.448 e. The summed E-state index contributed by atoms with van der Waals surface area (Å²) in [6, 6.07) is 0. The number of hydrogen-bond donors (Lipinski definition) is 1. The maximum Gasteiger partial charge on any atom is 0.448 e. The van der Waals surface area contributed by atoms with Crippen molar-refractivity contribution in [2.45, 2.75) is 110 Å². The summed E-state index contributed by atoms with van der Waals surface area (Å²) < 4.78 is 32.8. The highest BCUT2D eigenvalue weighted by Crippen LogP contribution is 2.13. The van der Waals surface area contributed by atoms with Crippen LogP contribution in [-0.2, 0) is 19.4 Å². The molecule has 150 valence electrons. The molecular formula is C18H39AlO5S. The first-order valence-corrected chi connectivity index (χ1v) is 11.0. The van der Waals surface area contributed by atoms with E-state index in [1.807, 2.05) is 0 Å². The third-order valence-corrected chi connectivity index (χ3v) is 4.58. The van der Waals surface area contributed by atoms with Gasteiger partial charge in [-0.05, 0) is 6.42 Å². The molecule has 0 fully saturated rings. The van der Waals surface area contributed by atoms with Gasteiger partial charge < -0.3 is 4.18 Å². The van der Waals surface area contributed by atoms with Crippen molar-refractivity contribution < 1.29 is 21.9 Å². The summed E-state index contributed by atoms with van der Waals surface area (Å²) in [5, 5.41) is 0. The van der Waals surface area contributed by atoms with Gasteiger partial charge in [0, 0.05) is 6.42 Å². The summed E-state index contributed by atoms with van der Waals surface area (Å²) >= 11 is 0. The predicted octanol–water partition coefficient (Wildman–Crippen LogP) is 4.41. The zero-order valence-corrected chi connectivity index (χ0v) is 16.1. The van der Waals surface area contributed by atoms with E-state index in [0.29, 0.717) is 6.42 Å². The van der Waals surface area contributed by atoms with Crippen LogP contribution in [-0.4, -0.2) is 36.3 Å². The summed E-state index contributed by atoms with van der Waals surface area (Å²) in [5.74, 6) is -0.882. The van der Waals surface area contributed by atoms with Gasteiger partial charge in [0.15, 0.2) is 17.4 Å². The predicted molar refractivity (Wildman–Crippen MR) is 107 cm³/mol. The van der Waals surface area contributed by atoms with Crippen LogP contribution < -0.4 is 0 Å². The van der Waals surface area contributed by atoms with Crippen molar-refractivity contribution in [2.75, 3.05) is 0 Å². The van der Waals surface area contributed by atoms with Crippen molar-refractivity contribution in [3.05, 3.63) is 0 Å². The van der Waals surface area contributed by atoms with Crippen LogP contribution >= 0.6 is 0 Å². The van der Waals surface area contributed by atoms with E-state index in [1.54, 1.807) is 0 Å². The molecule has 0 aromatic carbocycles. The highest BCUT2D eigenvalue weighted by Gasteiger charge is 2.12. The van der Waals surface area contributed by atoms with E-state index >= 15 is 0 Å². The zero-order chi connectivity index (χ0) is 18.1. The average Bonchev–Trinajstić information content (AvgIpc) is 2.49. The van der Waals surface area contributed by atoms with Gasteiger partial charge >= 0.3 is 16.4 Å². The first-order chi connectivity index (χ1) is 11.5. The lowest BCUT2D eigenvalue weighted by Gasteiger charge is -2.03. The van der Waals surface area contributed by atoms with Gasteiger partial charge in [-0.3, -0.25) is 9.35 Å². The number of hydrogen-bond acceptors (Lipinski definition) is 4. The second kappa shape index (κ2) is 18.7. The molecule has 7 heteroatoms. The molecule has 0 amide bonds. The first-order valence-electron chi connectivity index (χ1n) is 9.65. The topological polar surface area (TPSA) is 80.7 Å². The van der Waals surface area contributed by atoms with E-state index in [9.17, 15) is 13.2 Å². The van der Waals surface area contributed by atoms with E-state index in [-0.39, 0.29) is 23.8 Å². The monoisotopic (exact) mass is 394 g/mol. The van der Waals surface area contributed by atoms with Gasteiger partial charge in [0.25, 0.3) is 0 Å². The van der Waals surface area contributed by atoms with Crippen LogP contribution in [0, 0.1) is 0 Å². The molecule has 0 aliphatic rings.